The number of furan rings is 1. The number of benzene rings is 1. The normalized spacial score (nSPS) is 12.0. The highest BCUT2D eigenvalue weighted by molar-refractivity contribution is 5.95. The first kappa shape index (κ1) is 15.8. The molecule has 0 aliphatic heterocycles. The van der Waals surface area contributed by atoms with Crippen LogP contribution in [-0.4, -0.2) is 23.0 Å². The topological polar surface area (TPSA) is 79.5 Å². The van der Waals surface area contributed by atoms with Gasteiger partial charge in [0.25, 0.3) is 5.91 Å². The van der Waals surface area contributed by atoms with Crippen molar-refractivity contribution in [2.75, 3.05) is 0 Å². The Morgan fingerprint density at radius 2 is 2.00 bits per heavy atom. The molecular weight excluding hydrogens is 282 g/mol. The van der Waals surface area contributed by atoms with Gasteiger partial charge in [-0.25, -0.2) is 4.79 Å². The van der Waals surface area contributed by atoms with Crippen LogP contribution in [0.25, 0.3) is 0 Å². The van der Waals surface area contributed by atoms with E-state index in [1.807, 2.05) is 26.8 Å². The first-order valence-electron chi connectivity index (χ1n) is 7.05. The predicted molar refractivity (Wildman–Crippen MR) is 82.2 cm³/mol. The molecular formula is C17H19NO4. The molecule has 0 bridgehead atoms. The number of carbonyl (C=O) groups excluding carboxylic acids is 1. The molecule has 1 aromatic heterocycles. The van der Waals surface area contributed by atoms with Crippen LogP contribution in [0.15, 0.2) is 34.9 Å². The second kappa shape index (κ2) is 6.47. The van der Waals surface area contributed by atoms with E-state index in [1.165, 1.54) is 22.8 Å². The summed E-state index contributed by atoms with van der Waals surface area (Å²) in [4.78, 5) is 22.8. The summed E-state index contributed by atoms with van der Waals surface area (Å²) in [5.74, 6) is -1.53. The number of amides is 1. The highest BCUT2D eigenvalue weighted by Gasteiger charge is 2.17. The molecule has 0 spiro atoms. The van der Waals surface area contributed by atoms with Crippen molar-refractivity contribution in [1.29, 1.82) is 0 Å². The lowest BCUT2D eigenvalue weighted by atomic mass is 10.00. The Morgan fingerprint density at radius 1 is 1.27 bits per heavy atom. The van der Waals surface area contributed by atoms with Crippen molar-refractivity contribution >= 4 is 11.9 Å². The average Bonchev–Trinajstić information content (AvgIpc) is 2.92. The summed E-state index contributed by atoms with van der Waals surface area (Å²) in [6.07, 6.45) is 1.76. The van der Waals surface area contributed by atoms with Crippen molar-refractivity contribution in [1.82, 2.24) is 5.32 Å². The van der Waals surface area contributed by atoms with Crippen LogP contribution in [0.1, 0.15) is 44.5 Å². The summed E-state index contributed by atoms with van der Waals surface area (Å²) in [5.41, 5.74) is 3.53. The van der Waals surface area contributed by atoms with Crippen LogP contribution >= 0.6 is 0 Å². The minimum Gasteiger partial charge on any atom is -0.478 e. The van der Waals surface area contributed by atoms with Crippen LogP contribution < -0.4 is 5.32 Å². The highest BCUT2D eigenvalue weighted by Crippen LogP contribution is 2.13. The van der Waals surface area contributed by atoms with E-state index in [9.17, 15) is 9.59 Å². The van der Waals surface area contributed by atoms with Gasteiger partial charge in [0, 0.05) is 12.1 Å². The number of rotatable bonds is 5. The van der Waals surface area contributed by atoms with E-state index in [4.69, 9.17) is 9.52 Å². The lowest BCUT2D eigenvalue weighted by molar-refractivity contribution is 0.0695. The molecule has 0 radical (unpaired) electrons. The van der Waals surface area contributed by atoms with E-state index < -0.39 is 11.9 Å². The molecule has 1 amide bonds. The number of hydrogen-bond acceptors (Lipinski definition) is 3. The molecule has 1 atom stereocenters. The van der Waals surface area contributed by atoms with Gasteiger partial charge in [-0.3, -0.25) is 4.79 Å². The summed E-state index contributed by atoms with van der Waals surface area (Å²) in [6, 6.07) is 7.34. The maximum absolute atomic E-state index is 12.0. The number of carboxylic acids is 1. The zero-order valence-electron chi connectivity index (χ0n) is 12.8. The third-order valence-electron chi connectivity index (χ3n) is 3.47. The molecule has 0 saturated carbocycles. The van der Waals surface area contributed by atoms with Gasteiger partial charge in [-0.15, -0.1) is 0 Å². The summed E-state index contributed by atoms with van der Waals surface area (Å²) >= 11 is 0. The molecule has 1 heterocycles. The second-order valence-corrected chi connectivity index (χ2v) is 5.51. The van der Waals surface area contributed by atoms with Gasteiger partial charge in [0.1, 0.15) is 6.26 Å². The monoisotopic (exact) mass is 301 g/mol. The lowest BCUT2D eigenvalue weighted by Gasteiger charge is -2.15. The number of aryl methyl sites for hydroxylation is 2. The maximum atomic E-state index is 12.0. The van der Waals surface area contributed by atoms with Crippen LogP contribution in [0.3, 0.4) is 0 Å². The lowest BCUT2D eigenvalue weighted by Crippen LogP contribution is -2.34. The van der Waals surface area contributed by atoms with Gasteiger partial charge in [0.2, 0.25) is 0 Å². The van der Waals surface area contributed by atoms with E-state index in [0.29, 0.717) is 6.42 Å². The van der Waals surface area contributed by atoms with Gasteiger partial charge in [0.05, 0.1) is 5.56 Å². The third-order valence-corrected chi connectivity index (χ3v) is 3.47. The molecule has 0 aliphatic carbocycles. The van der Waals surface area contributed by atoms with E-state index in [0.717, 1.165) is 6.26 Å². The Balaban J connectivity index is 2.00. The fourth-order valence-electron chi connectivity index (χ4n) is 2.32. The summed E-state index contributed by atoms with van der Waals surface area (Å²) < 4.78 is 4.99. The van der Waals surface area contributed by atoms with E-state index >= 15 is 0 Å². The Morgan fingerprint density at radius 3 is 2.59 bits per heavy atom. The van der Waals surface area contributed by atoms with E-state index in [1.54, 1.807) is 0 Å². The van der Waals surface area contributed by atoms with Gasteiger partial charge < -0.3 is 14.8 Å². The summed E-state index contributed by atoms with van der Waals surface area (Å²) in [7, 11) is 0. The number of carbonyl (C=O) groups is 2. The molecule has 0 fully saturated rings. The van der Waals surface area contributed by atoms with Crippen molar-refractivity contribution in [2.24, 2.45) is 0 Å². The predicted octanol–water partition coefficient (Wildman–Crippen LogP) is 2.96. The van der Waals surface area contributed by atoms with Gasteiger partial charge in [-0.2, -0.15) is 0 Å². The van der Waals surface area contributed by atoms with Crippen molar-refractivity contribution in [3.8, 4) is 0 Å². The summed E-state index contributed by atoms with van der Waals surface area (Å²) in [6.45, 7) is 5.99. The first-order valence-corrected chi connectivity index (χ1v) is 7.05. The number of carboxylic acid groups (broad SMARTS) is 1. The van der Waals surface area contributed by atoms with Gasteiger partial charge in [0.15, 0.2) is 5.76 Å². The average molecular weight is 301 g/mol. The molecule has 116 valence electrons. The Labute approximate surface area is 129 Å². The second-order valence-electron chi connectivity index (χ2n) is 5.51. The van der Waals surface area contributed by atoms with Crippen molar-refractivity contribution < 1.29 is 19.1 Å². The van der Waals surface area contributed by atoms with Crippen LogP contribution in [-0.2, 0) is 6.42 Å². The molecule has 22 heavy (non-hydrogen) atoms. The molecule has 1 aromatic carbocycles. The van der Waals surface area contributed by atoms with Crippen LogP contribution in [0.2, 0.25) is 0 Å². The Bertz CT molecular complexity index is 702. The van der Waals surface area contributed by atoms with Crippen molar-refractivity contribution in [3.63, 3.8) is 0 Å². The number of aromatic carboxylic acids is 1. The number of hydrogen-bond donors (Lipinski definition) is 2. The molecule has 2 rings (SSSR count). The van der Waals surface area contributed by atoms with Crippen LogP contribution in [0.4, 0.5) is 0 Å². The molecule has 5 nitrogen and oxygen atoms in total. The zero-order valence-corrected chi connectivity index (χ0v) is 12.8. The largest absolute Gasteiger partial charge is 0.478 e. The highest BCUT2D eigenvalue weighted by atomic mass is 16.4. The van der Waals surface area contributed by atoms with E-state index in [2.05, 4.69) is 17.4 Å². The molecule has 0 aliphatic rings. The smallest absolute Gasteiger partial charge is 0.338 e. The van der Waals surface area contributed by atoms with Crippen LogP contribution in [0, 0.1) is 13.8 Å². The fraction of sp³-hybridized carbons (Fsp3) is 0.294. The minimum atomic E-state index is -1.12. The first-order chi connectivity index (χ1) is 10.4. The van der Waals surface area contributed by atoms with E-state index in [-0.39, 0.29) is 17.4 Å². The molecule has 2 N–H and O–H groups in total. The standard InChI is InChI=1S/C17H19NO4/c1-10-4-5-13(11(2)6-10)7-12(3)18-16(19)15-8-14(9-22-15)17(20)21/h4-6,8-9,12H,7H2,1-3H3,(H,18,19)(H,20,21). The number of nitrogens with one attached hydrogen (secondary N) is 1. The molecule has 2 aromatic rings. The Kier molecular flexibility index (Phi) is 4.65. The maximum Gasteiger partial charge on any atom is 0.338 e. The fourth-order valence-corrected chi connectivity index (χ4v) is 2.32. The minimum absolute atomic E-state index is 0.00452. The van der Waals surface area contributed by atoms with Crippen molar-refractivity contribution in [3.05, 3.63) is 58.5 Å². The van der Waals surface area contributed by atoms with Crippen LogP contribution in [0.5, 0.6) is 0 Å². The zero-order chi connectivity index (χ0) is 16.3. The SMILES string of the molecule is Cc1ccc(CC(C)NC(=O)c2cc(C(=O)O)co2)c(C)c1. The van der Waals surface area contributed by atoms with Gasteiger partial charge >= 0.3 is 5.97 Å². The Hall–Kier alpha value is -2.56. The third kappa shape index (κ3) is 3.75. The molecule has 0 saturated heterocycles. The van der Waals surface area contributed by atoms with Gasteiger partial charge in [-0.1, -0.05) is 23.8 Å². The molecule has 5 heteroatoms. The van der Waals surface area contributed by atoms with Crippen molar-refractivity contribution in [2.45, 2.75) is 33.2 Å². The van der Waals surface area contributed by atoms with Gasteiger partial charge in [-0.05, 0) is 38.3 Å². The quantitative estimate of drug-likeness (QED) is 0.890. The molecule has 1 unspecified atom stereocenters. The summed E-state index contributed by atoms with van der Waals surface area (Å²) in [5, 5.41) is 11.6.